The van der Waals surface area contributed by atoms with E-state index < -0.39 is 6.04 Å². The number of aromatic hydroxyl groups is 1. The minimum Gasteiger partial charge on any atom is -0.508 e. The van der Waals surface area contributed by atoms with Gasteiger partial charge < -0.3 is 10.4 Å². The van der Waals surface area contributed by atoms with Gasteiger partial charge in [0.05, 0.1) is 6.04 Å². The normalized spacial score (nSPS) is 12.0. The van der Waals surface area contributed by atoms with Crippen molar-refractivity contribution < 1.29 is 9.90 Å². The lowest BCUT2D eigenvalue weighted by molar-refractivity contribution is 0.0943. The summed E-state index contributed by atoms with van der Waals surface area (Å²) in [5.41, 5.74) is 2.21. The zero-order valence-electron chi connectivity index (χ0n) is 16.8. The van der Waals surface area contributed by atoms with Gasteiger partial charge in [-0.2, -0.15) is 0 Å². The van der Waals surface area contributed by atoms with Crippen molar-refractivity contribution in [2.24, 2.45) is 0 Å². The second kappa shape index (κ2) is 7.96. The van der Waals surface area contributed by atoms with Gasteiger partial charge in [-0.25, -0.2) is 0 Å². The summed E-state index contributed by atoms with van der Waals surface area (Å²) in [5.74, 6) is -0.0316. The molecule has 1 unspecified atom stereocenters. The third-order valence-electron chi connectivity index (χ3n) is 5.68. The van der Waals surface area contributed by atoms with Gasteiger partial charge in [-0.3, -0.25) is 4.79 Å². The predicted molar refractivity (Wildman–Crippen MR) is 125 cm³/mol. The van der Waals surface area contributed by atoms with Gasteiger partial charge in [0.2, 0.25) is 0 Å². The van der Waals surface area contributed by atoms with E-state index in [9.17, 15) is 9.90 Å². The van der Waals surface area contributed by atoms with Crippen LogP contribution in [-0.4, -0.2) is 11.0 Å². The Balaban J connectivity index is 1.74. The zero-order chi connectivity index (χ0) is 21.2. The Morgan fingerprint density at radius 1 is 0.645 bits per heavy atom. The molecule has 5 aromatic carbocycles. The second-order valence-electron chi connectivity index (χ2n) is 7.56. The van der Waals surface area contributed by atoms with Crippen LogP contribution in [-0.2, 0) is 0 Å². The molecule has 31 heavy (non-hydrogen) atoms. The van der Waals surface area contributed by atoms with Crippen molar-refractivity contribution in [3.8, 4) is 5.75 Å². The van der Waals surface area contributed by atoms with Crippen LogP contribution in [0.3, 0.4) is 0 Å². The molecular formula is C28H21NO2. The number of amides is 1. The molecule has 150 valence electrons. The van der Waals surface area contributed by atoms with Gasteiger partial charge in [-0.05, 0) is 45.3 Å². The van der Waals surface area contributed by atoms with Crippen LogP contribution in [0.1, 0.15) is 27.5 Å². The molecule has 3 nitrogen and oxygen atoms in total. The number of phenolic OH excluding ortho intramolecular Hbond substituents is 1. The third kappa shape index (κ3) is 3.51. The van der Waals surface area contributed by atoms with E-state index in [1.54, 1.807) is 18.2 Å². The molecule has 0 aliphatic carbocycles. The van der Waals surface area contributed by atoms with Crippen molar-refractivity contribution in [3.05, 3.63) is 126 Å². The van der Waals surface area contributed by atoms with E-state index in [2.05, 4.69) is 23.5 Å². The van der Waals surface area contributed by atoms with Crippen molar-refractivity contribution in [2.45, 2.75) is 6.04 Å². The summed E-state index contributed by atoms with van der Waals surface area (Å²) in [6.07, 6.45) is 0. The average molecular weight is 403 g/mol. The van der Waals surface area contributed by atoms with Crippen LogP contribution in [0.25, 0.3) is 21.5 Å². The Kier molecular flexibility index (Phi) is 4.85. The first-order valence-electron chi connectivity index (χ1n) is 10.3. The highest BCUT2D eigenvalue weighted by atomic mass is 16.3. The van der Waals surface area contributed by atoms with Crippen LogP contribution in [0.15, 0.2) is 109 Å². The van der Waals surface area contributed by atoms with E-state index in [1.807, 2.05) is 72.8 Å². The Labute approximate surface area is 180 Å². The molecule has 0 radical (unpaired) electrons. The number of hydrogen-bond donors (Lipinski definition) is 2. The van der Waals surface area contributed by atoms with E-state index in [4.69, 9.17) is 0 Å². The maximum Gasteiger partial charge on any atom is 0.252 e. The first-order chi connectivity index (χ1) is 15.2. The number of rotatable bonds is 4. The molecule has 2 N–H and O–H groups in total. The molecule has 0 saturated carbocycles. The molecule has 1 amide bonds. The largest absolute Gasteiger partial charge is 0.508 e. The summed E-state index contributed by atoms with van der Waals surface area (Å²) < 4.78 is 0. The molecule has 5 aromatic rings. The smallest absolute Gasteiger partial charge is 0.252 e. The molecule has 0 saturated heterocycles. The molecule has 0 aliphatic heterocycles. The SMILES string of the molecule is O=C(NC(c1cccc2ccccc12)c1c(O)ccc2ccccc12)c1ccccc1. The highest BCUT2D eigenvalue weighted by Gasteiger charge is 2.24. The number of fused-ring (bicyclic) bond motifs is 2. The fourth-order valence-corrected chi connectivity index (χ4v) is 4.20. The first-order valence-corrected chi connectivity index (χ1v) is 10.3. The van der Waals surface area contributed by atoms with Crippen LogP contribution in [0.5, 0.6) is 5.75 Å². The standard InChI is InChI=1S/C28H21NO2/c30-25-18-17-20-10-5-7-15-23(20)26(25)27(29-28(31)21-11-2-1-3-12-21)24-16-8-13-19-9-4-6-14-22(19)24/h1-18,27,30H,(H,29,31). The number of benzene rings is 5. The molecule has 1 atom stereocenters. The van der Waals surface area contributed by atoms with Crippen LogP contribution in [0.4, 0.5) is 0 Å². The topological polar surface area (TPSA) is 49.3 Å². The summed E-state index contributed by atoms with van der Waals surface area (Å²) in [7, 11) is 0. The minimum absolute atomic E-state index is 0.157. The average Bonchev–Trinajstić information content (AvgIpc) is 2.83. The van der Waals surface area contributed by atoms with E-state index in [1.165, 1.54) is 0 Å². The number of carbonyl (C=O) groups excluding carboxylic acids is 1. The van der Waals surface area contributed by atoms with E-state index in [0.717, 1.165) is 27.1 Å². The van der Waals surface area contributed by atoms with E-state index in [0.29, 0.717) is 11.1 Å². The Morgan fingerprint density at radius 2 is 1.26 bits per heavy atom. The maximum atomic E-state index is 13.2. The fraction of sp³-hybridized carbons (Fsp3) is 0.0357. The van der Waals surface area contributed by atoms with Crippen molar-refractivity contribution in [2.75, 3.05) is 0 Å². The molecule has 0 spiro atoms. The van der Waals surface area contributed by atoms with Crippen LogP contribution < -0.4 is 5.32 Å². The van der Waals surface area contributed by atoms with E-state index in [-0.39, 0.29) is 11.7 Å². The van der Waals surface area contributed by atoms with Gasteiger partial charge in [-0.15, -0.1) is 0 Å². The number of nitrogens with one attached hydrogen (secondary N) is 1. The third-order valence-corrected chi connectivity index (χ3v) is 5.68. The summed E-state index contributed by atoms with van der Waals surface area (Å²) >= 11 is 0. The molecule has 0 aliphatic rings. The molecule has 0 fully saturated rings. The fourth-order valence-electron chi connectivity index (χ4n) is 4.20. The molecule has 0 bridgehead atoms. The van der Waals surface area contributed by atoms with Crippen molar-refractivity contribution in [3.63, 3.8) is 0 Å². The molecule has 3 heteroatoms. The summed E-state index contributed by atoms with van der Waals surface area (Å²) in [4.78, 5) is 13.2. The Morgan fingerprint density at radius 3 is 2.03 bits per heavy atom. The Hall–Kier alpha value is -4.11. The molecule has 0 heterocycles. The predicted octanol–water partition coefficient (Wildman–Crippen LogP) is 6.22. The lowest BCUT2D eigenvalue weighted by atomic mass is 9.89. The number of hydrogen-bond acceptors (Lipinski definition) is 2. The van der Waals surface area contributed by atoms with Crippen molar-refractivity contribution in [1.29, 1.82) is 0 Å². The van der Waals surface area contributed by atoms with Crippen LogP contribution in [0.2, 0.25) is 0 Å². The minimum atomic E-state index is -0.523. The van der Waals surface area contributed by atoms with Gasteiger partial charge >= 0.3 is 0 Å². The lowest BCUT2D eigenvalue weighted by Crippen LogP contribution is -2.29. The molecule has 5 rings (SSSR count). The maximum absolute atomic E-state index is 13.2. The van der Waals surface area contributed by atoms with Gasteiger partial charge in [0.25, 0.3) is 5.91 Å². The zero-order valence-corrected chi connectivity index (χ0v) is 16.8. The van der Waals surface area contributed by atoms with Crippen molar-refractivity contribution in [1.82, 2.24) is 5.32 Å². The van der Waals surface area contributed by atoms with E-state index >= 15 is 0 Å². The lowest BCUT2D eigenvalue weighted by Gasteiger charge is -2.24. The Bertz CT molecular complexity index is 1390. The molecular weight excluding hydrogens is 382 g/mol. The summed E-state index contributed by atoms with van der Waals surface area (Å²) in [6, 6.07) is 34.3. The number of carbonyl (C=O) groups is 1. The first kappa shape index (κ1) is 18.9. The second-order valence-corrected chi connectivity index (χ2v) is 7.56. The van der Waals surface area contributed by atoms with Crippen molar-refractivity contribution >= 4 is 27.5 Å². The summed E-state index contributed by atoms with van der Waals surface area (Å²) in [6.45, 7) is 0. The van der Waals surface area contributed by atoms with Gasteiger partial charge in [-0.1, -0.05) is 91.0 Å². The monoisotopic (exact) mass is 403 g/mol. The van der Waals surface area contributed by atoms with Gasteiger partial charge in [0.15, 0.2) is 0 Å². The quantitative estimate of drug-likeness (QED) is 0.374. The summed E-state index contributed by atoms with van der Waals surface area (Å²) in [5, 5.41) is 18.2. The molecule has 0 aromatic heterocycles. The van der Waals surface area contributed by atoms with Crippen LogP contribution >= 0.6 is 0 Å². The highest BCUT2D eigenvalue weighted by molar-refractivity contribution is 5.97. The number of phenols is 1. The van der Waals surface area contributed by atoms with Gasteiger partial charge in [0.1, 0.15) is 5.75 Å². The van der Waals surface area contributed by atoms with Crippen LogP contribution in [0, 0.1) is 0 Å². The van der Waals surface area contributed by atoms with Gasteiger partial charge in [0, 0.05) is 11.1 Å². The highest BCUT2D eigenvalue weighted by Crippen LogP contribution is 2.38.